The Labute approximate surface area is 174 Å². The van der Waals surface area contributed by atoms with Gasteiger partial charge in [0.25, 0.3) is 0 Å². The predicted molar refractivity (Wildman–Crippen MR) is 113 cm³/mol. The first-order chi connectivity index (χ1) is 13.9. The van der Waals surface area contributed by atoms with E-state index in [-0.39, 0.29) is 11.9 Å². The van der Waals surface area contributed by atoms with Crippen LogP contribution in [-0.4, -0.2) is 12.0 Å². The molecule has 0 aliphatic carbocycles. The molecule has 0 aliphatic rings. The van der Waals surface area contributed by atoms with Crippen molar-refractivity contribution in [1.82, 2.24) is 5.48 Å². The van der Waals surface area contributed by atoms with Gasteiger partial charge in [0.2, 0.25) is 0 Å². The van der Waals surface area contributed by atoms with Gasteiger partial charge in [0, 0.05) is 16.6 Å². The van der Waals surface area contributed by atoms with Crippen molar-refractivity contribution in [1.29, 1.82) is 0 Å². The van der Waals surface area contributed by atoms with E-state index in [0.717, 1.165) is 10.9 Å². The summed E-state index contributed by atoms with van der Waals surface area (Å²) in [6.07, 6.45) is -0.304. The van der Waals surface area contributed by atoms with E-state index in [1.165, 1.54) is 6.92 Å². The molecule has 3 aromatic rings. The second-order valence-corrected chi connectivity index (χ2v) is 8.89. The molecule has 1 N–H and O–H groups in total. The predicted octanol–water partition coefficient (Wildman–Crippen LogP) is 5.78. The number of carbonyl (C=O) groups is 1. The van der Waals surface area contributed by atoms with Crippen LogP contribution in [0.4, 0.5) is 0 Å². The molecule has 0 saturated heterocycles. The zero-order valence-corrected chi connectivity index (χ0v) is 17.6. The minimum absolute atomic E-state index is 0.267. The molecular formula is C21H21ClNO5P. The molecule has 3 rings (SSSR count). The third kappa shape index (κ3) is 5.81. The number of fused-ring (bicyclic) bond motifs is 1. The van der Waals surface area contributed by atoms with Crippen LogP contribution >= 0.6 is 18.2 Å². The lowest BCUT2D eigenvalue weighted by atomic mass is 10.1. The topological polar surface area (TPSA) is 73.9 Å². The number of rotatable bonds is 8. The van der Waals surface area contributed by atoms with Crippen molar-refractivity contribution in [2.75, 3.05) is 0 Å². The first-order valence-corrected chi connectivity index (χ1v) is 11.5. The van der Waals surface area contributed by atoms with E-state index < -0.39 is 19.0 Å². The normalized spacial score (nSPS) is 15.3. The van der Waals surface area contributed by atoms with Crippen LogP contribution in [-0.2, 0) is 18.7 Å². The molecule has 0 aliphatic heterocycles. The lowest BCUT2D eigenvalue weighted by Crippen LogP contribution is -2.35. The van der Waals surface area contributed by atoms with Crippen molar-refractivity contribution in [3.63, 3.8) is 0 Å². The maximum absolute atomic E-state index is 12.5. The maximum atomic E-state index is 12.5. The Morgan fingerprint density at radius 1 is 0.966 bits per heavy atom. The highest BCUT2D eigenvalue weighted by molar-refractivity contribution is 7.82. The maximum Gasteiger partial charge on any atom is 0.532 e. The number of carbonyl (C=O) groups excluding carboxylic acids is 1. The van der Waals surface area contributed by atoms with Crippen LogP contribution in [0.5, 0.6) is 5.75 Å². The van der Waals surface area contributed by atoms with Crippen LogP contribution in [0, 0.1) is 0 Å². The average Bonchev–Trinajstić information content (AvgIpc) is 2.72. The molecule has 0 aromatic heterocycles. The van der Waals surface area contributed by atoms with Gasteiger partial charge in [0.1, 0.15) is 17.9 Å². The molecule has 0 saturated carbocycles. The standard InChI is InChI=1S/C21H21ClNO5P/c1-15(23-26-16(2)17-9-4-3-5-10-17)21(24)28-29(22,25)27-20-14-8-12-18-11-6-7-13-19(18)20/h3-16,23H,1-2H3/t15-,16-,29?/m0/s1. The molecule has 1 unspecified atom stereocenters. The van der Waals surface area contributed by atoms with Gasteiger partial charge in [-0.25, -0.2) is 9.36 Å². The number of hydrogen-bond donors (Lipinski definition) is 1. The van der Waals surface area contributed by atoms with Crippen molar-refractivity contribution in [2.24, 2.45) is 0 Å². The van der Waals surface area contributed by atoms with E-state index in [1.807, 2.05) is 61.5 Å². The quantitative estimate of drug-likeness (QED) is 0.358. The Hall–Kier alpha value is -2.37. The number of hydroxylamine groups is 1. The van der Waals surface area contributed by atoms with Crippen LogP contribution in [0.15, 0.2) is 72.8 Å². The van der Waals surface area contributed by atoms with E-state index in [4.69, 9.17) is 25.1 Å². The molecule has 6 nitrogen and oxygen atoms in total. The van der Waals surface area contributed by atoms with Gasteiger partial charge in [-0.15, -0.1) is 0 Å². The minimum Gasteiger partial charge on any atom is -0.404 e. The first-order valence-electron chi connectivity index (χ1n) is 9.02. The second kappa shape index (κ2) is 9.42. The van der Waals surface area contributed by atoms with Gasteiger partial charge in [0.15, 0.2) is 0 Å². The highest BCUT2D eigenvalue weighted by atomic mass is 35.7. The molecule has 3 atom stereocenters. The molecule has 0 spiro atoms. The van der Waals surface area contributed by atoms with Crippen molar-refractivity contribution in [3.8, 4) is 5.75 Å². The Bertz CT molecular complexity index is 1020. The summed E-state index contributed by atoms with van der Waals surface area (Å²) in [6.45, 7) is -0.868. The summed E-state index contributed by atoms with van der Waals surface area (Å²) < 4.78 is 22.8. The van der Waals surface area contributed by atoms with Gasteiger partial charge in [-0.05, 0) is 30.9 Å². The lowest BCUT2D eigenvalue weighted by Gasteiger charge is -2.19. The van der Waals surface area contributed by atoms with Crippen molar-refractivity contribution in [3.05, 3.63) is 78.4 Å². The van der Waals surface area contributed by atoms with Gasteiger partial charge >= 0.3 is 12.9 Å². The Morgan fingerprint density at radius 2 is 1.62 bits per heavy atom. The van der Waals surface area contributed by atoms with E-state index >= 15 is 0 Å². The van der Waals surface area contributed by atoms with Gasteiger partial charge < -0.3 is 9.05 Å². The molecule has 0 fully saturated rings. The molecule has 0 bridgehead atoms. The number of benzene rings is 3. The monoisotopic (exact) mass is 433 g/mol. The molecule has 0 radical (unpaired) electrons. The number of halogens is 1. The van der Waals surface area contributed by atoms with Crippen molar-refractivity contribution in [2.45, 2.75) is 26.0 Å². The highest BCUT2D eigenvalue weighted by Gasteiger charge is 2.31. The minimum atomic E-state index is -4.21. The molecule has 29 heavy (non-hydrogen) atoms. The van der Waals surface area contributed by atoms with Gasteiger partial charge in [-0.3, -0.25) is 4.84 Å². The summed E-state index contributed by atoms with van der Waals surface area (Å²) in [4.78, 5) is 17.7. The van der Waals surface area contributed by atoms with Crippen LogP contribution in [0.1, 0.15) is 25.5 Å². The van der Waals surface area contributed by atoms with Gasteiger partial charge in [-0.2, -0.15) is 5.48 Å². The first kappa shape index (κ1) is 21.3. The molecule has 152 valence electrons. The van der Waals surface area contributed by atoms with E-state index in [9.17, 15) is 9.36 Å². The Morgan fingerprint density at radius 3 is 2.38 bits per heavy atom. The smallest absolute Gasteiger partial charge is 0.404 e. The molecule has 8 heteroatoms. The lowest BCUT2D eigenvalue weighted by molar-refractivity contribution is -0.142. The van der Waals surface area contributed by atoms with Crippen LogP contribution < -0.4 is 10.0 Å². The number of nitrogens with one attached hydrogen (secondary N) is 1. The molecule has 0 heterocycles. The van der Waals surface area contributed by atoms with Gasteiger partial charge in [-0.1, -0.05) is 66.7 Å². The van der Waals surface area contributed by atoms with Crippen LogP contribution in [0.2, 0.25) is 0 Å². The van der Waals surface area contributed by atoms with Gasteiger partial charge in [0.05, 0.1) is 0 Å². The second-order valence-electron chi connectivity index (χ2n) is 6.42. The van der Waals surface area contributed by atoms with E-state index in [1.54, 1.807) is 18.2 Å². The highest BCUT2D eigenvalue weighted by Crippen LogP contribution is 2.54. The zero-order chi connectivity index (χ0) is 20.9. The average molecular weight is 434 g/mol. The Balaban J connectivity index is 1.59. The third-order valence-electron chi connectivity index (χ3n) is 4.20. The zero-order valence-electron chi connectivity index (χ0n) is 15.9. The summed E-state index contributed by atoms with van der Waals surface area (Å²) in [5.41, 5.74) is 3.52. The fourth-order valence-electron chi connectivity index (χ4n) is 2.64. The van der Waals surface area contributed by atoms with E-state index in [0.29, 0.717) is 5.39 Å². The summed E-state index contributed by atoms with van der Waals surface area (Å²) in [5.74, 6) is -0.590. The number of hydrogen-bond acceptors (Lipinski definition) is 6. The Kier molecular flexibility index (Phi) is 6.93. The molecule has 3 aromatic carbocycles. The fraction of sp³-hybridized carbons (Fsp3) is 0.190. The summed E-state index contributed by atoms with van der Waals surface area (Å²) in [7, 11) is 0. The largest absolute Gasteiger partial charge is 0.532 e. The molecular weight excluding hydrogens is 413 g/mol. The fourth-order valence-corrected chi connectivity index (χ4v) is 3.87. The van der Waals surface area contributed by atoms with Crippen LogP contribution in [0.25, 0.3) is 10.8 Å². The summed E-state index contributed by atoms with van der Waals surface area (Å²) >= 11 is 5.89. The molecule has 0 amide bonds. The van der Waals surface area contributed by atoms with Crippen molar-refractivity contribution < 1.29 is 23.2 Å². The summed E-state index contributed by atoms with van der Waals surface area (Å²) in [5, 5.41) is 1.59. The third-order valence-corrected chi connectivity index (χ3v) is 5.43. The van der Waals surface area contributed by atoms with Crippen LogP contribution in [0.3, 0.4) is 0 Å². The summed E-state index contributed by atoms with van der Waals surface area (Å²) in [6, 6.07) is 21.2. The SMILES string of the molecule is C[C@H](NO[C@@H](C)c1ccccc1)C(=O)OP(=O)(Cl)Oc1cccc2ccccc12. The van der Waals surface area contributed by atoms with Crippen molar-refractivity contribution >= 4 is 34.9 Å². The van der Waals surface area contributed by atoms with E-state index in [2.05, 4.69) is 5.48 Å².